The molecule has 4 rings (SSSR count). The SMILES string of the molecule is CC1(C)c2c(F)cccc2-c2ccc3ccccc3c21. The highest BCUT2D eigenvalue weighted by molar-refractivity contribution is 5.97. The maximum Gasteiger partial charge on any atom is 0.127 e. The maximum atomic E-state index is 14.4. The fraction of sp³-hybridized carbons (Fsp3) is 0.158. The van der Waals surface area contributed by atoms with E-state index in [-0.39, 0.29) is 11.2 Å². The molecular weight excluding hydrogens is 247 g/mol. The number of benzene rings is 3. The van der Waals surface area contributed by atoms with Gasteiger partial charge in [-0.15, -0.1) is 0 Å². The third kappa shape index (κ3) is 1.30. The highest BCUT2D eigenvalue weighted by Crippen LogP contribution is 2.51. The van der Waals surface area contributed by atoms with Crippen LogP contribution in [0.3, 0.4) is 0 Å². The van der Waals surface area contributed by atoms with Crippen molar-refractivity contribution in [1.29, 1.82) is 0 Å². The molecule has 0 unspecified atom stereocenters. The first-order valence-corrected chi connectivity index (χ1v) is 6.92. The van der Waals surface area contributed by atoms with E-state index in [9.17, 15) is 4.39 Å². The summed E-state index contributed by atoms with van der Waals surface area (Å²) in [6.45, 7) is 4.24. The molecule has 0 nitrogen and oxygen atoms in total. The quantitative estimate of drug-likeness (QED) is 0.516. The van der Waals surface area contributed by atoms with Crippen LogP contribution in [0.15, 0.2) is 54.6 Å². The first-order valence-electron chi connectivity index (χ1n) is 6.92. The van der Waals surface area contributed by atoms with E-state index in [1.165, 1.54) is 21.9 Å². The minimum Gasteiger partial charge on any atom is -0.207 e. The topological polar surface area (TPSA) is 0 Å². The molecule has 0 N–H and O–H groups in total. The Balaban J connectivity index is 2.20. The number of hydrogen-bond donors (Lipinski definition) is 0. The van der Waals surface area contributed by atoms with Gasteiger partial charge in [-0.3, -0.25) is 0 Å². The van der Waals surface area contributed by atoms with Crippen LogP contribution in [-0.2, 0) is 5.41 Å². The Hall–Kier alpha value is -2.15. The highest BCUT2D eigenvalue weighted by Gasteiger charge is 2.38. The summed E-state index contributed by atoms with van der Waals surface area (Å²) in [4.78, 5) is 0. The van der Waals surface area contributed by atoms with Crippen LogP contribution in [-0.4, -0.2) is 0 Å². The summed E-state index contributed by atoms with van der Waals surface area (Å²) in [5.74, 6) is -0.104. The summed E-state index contributed by atoms with van der Waals surface area (Å²) in [6.07, 6.45) is 0. The first-order chi connectivity index (χ1) is 9.60. The van der Waals surface area contributed by atoms with E-state index < -0.39 is 0 Å². The Kier molecular flexibility index (Phi) is 2.15. The monoisotopic (exact) mass is 262 g/mol. The van der Waals surface area contributed by atoms with Crippen molar-refractivity contribution in [2.75, 3.05) is 0 Å². The predicted molar refractivity (Wildman–Crippen MR) is 81.5 cm³/mol. The molecule has 0 spiro atoms. The molecular formula is C19H15F. The van der Waals surface area contributed by atoms with Gasteiger partial charge in [0.1, 0.15) is 5.82 Å². The molecule has 20 heavy (non-hydrogen) atoms. The molecule has 0 atom stereocenters. The zero-order valence-corrected chi connectivity index (χ0v) is 11.6. The maximum absolute atomic E-state index is 14.4. The van der Waals surface area contributed by atoms with Crippen LogP contribution in [0.2, 0.25) is 0 Å². The van der Waals surface area contributed by atoms with Crippen LogP contribution in [0.25, 0.3) is 21.9 Å². The van der Waals surface area contributed by atoms with Crippen molar-refractivity contribution in [2.45, 2.75) is 19.3 Å². The highest BCUT2D eigenvalue weighted by atomic mass is 19.1. The van der Waals surface area contributed by atoms with Crippen LogP contribution < -0.4 is 0 Å². The second kappa shape index (κ2) is 3.69. The first kappa shape index (κ1) is 11.7. The number of halogens is 1. The van der Waals surface area contributed by atoms with E-state index in [4.69, 9.17) is 0 Å². The van der Waals surface area contributed by atoms with E-state index in [0.29, 0.717) is 0 Å². The van der Waals surface area contributed by atoms with Crippen molar-refractivity contribution in [3.05, 3.63) is 71.5 Å². The van der Waals surface area contributed by atoms with Crippen molar-refractivity contribution in [2.24, 2.45) is 0 Å². The van der Waals surface area contributed by atoms with Gasteiger partial charge in [0.15, 0.2) is 0 Å². The standard InChI is InChI=1S/C19H15F/c1-19(2)17-13-7-4-3-6-12(13)10-11-15(17)14-8-5-9-16(20)18(14)19/h3-11H,1-2H3. The average molecular weight is 262 g/mol. The molecule has 0 fully saturated rings. The van der Waals surface area contributed by atoms with Crippen LogP contribution in [0.4, 0.5) is 4.39 Å². The van der Waals surface area contributed by atoms with Crippen molar-refractivity contribution in [1.82, 2.24) is 0 Å². The van der Waals surface area contributed by atoms with Gasteiger partial charge < -0.3 is 0 Å². The second-order valence-corrected chi connectivity index (χ2v) is 6.00. The van der Waals surface area contributed by atoms with E-state index in [0.717, 1.165) is 11.1 Å². The second-order valence-electron chi connectivity index (χ2n) is 6.00. The normalized spacial score (nSPS) is 15.2. The molecule has 98 valence electrons. The van der Waals surface area contributed by atoms with Crippen molar-refractivity contribution >= 4 is 10.8 Å². The smallest absolute Gasteiger partial charge is 0.127 e. The van der Waals surface area contributed by atoms with Gasteiger partial charge in [-0.1, -0.05) is 62.4 Å². The van der Waals surface area contributed by atoms with E-state index in [1.807, 2.05) is 12.1 Å². The van der Waals surface area contributed by atoms with E-state index in [2.05, 4.69) is 44.2 Å². The Morgan fingerprint density at radius 1 is 0.750 bits per heavy atom. The average Bonchev–Trinajstić information content (AvgIpc) is 2.69. The third-order valence-corrected chi connectivity index (χ3v) is 4.48. The van der Waals surface area contributed by atoms with Crippen LogP contribution in [0.1, 0.15) is 25.0 Å². The molecule has 0 radical (unpaired) electrons. The molecule has 0 saturated heterocycles. The molecule has 1 heteroatoms. The summed E-state index contributed by atoms with van der Waals surface area (Å²) in [5, 5.41) is 2.44. The molecule has 1 aliphatic rings. The minimum atomic E-state index is -0.295. The summed E-state index contributed by atoms with van der Waals surface area (Å²) >= 11 is 0. The Bertz CT molecular complexity index is 844. The fourth-order valence-electron chi connectivity index (χ4n) is 3.68. The zero-order chi connectivity index (χ0) is 13.9. The largest absolute Gasteiger partial charge is 0.207 e. The number of rotatable bonds is 0. The van der Waals surface area contributed by atoms with Gasteiger partial charge >= 0.3 is 0 Å². The lowest BCUT2D eigenvalue weighted by molar-refractivity contribution is 0.561. The molecule has 0 bridgehead atoms. The third-order valence-electron chi connectivity index (χ3n) is 4.48. The van der Waals surface area contributed by atoms with Gasteiger partial charge in [-0.05, 0) is 33.5 Å². The van der Waals surface area contributed by atoms with Crippen LogP contribution in [0.5, 0.6) is 0 Å². The van der Waals surface area contributed by atoms with Gasteiger partial charge in [0.25, 0.3) is 0 Å². The summed E-state index contributed by atoms with van der Waals surface area (Å²) < 4.78 is 14.4. The lowest BCUT2D eigenvalue weighted by Gasteiger charge is -2.23. The minimum absolute atomic E-state index is 0.104. The molecule has 3 aromatic carbocycles. The number of fused-ring (bicyclic) bond motifs is 5. The molecule has 0 aromatic heterocycles. The van der Waals surface area contributed by atoms with E-state index in [1.54, 1.807) is 12.1 Å². The predicted octanol–water partition coefficient (Wildman–Crippen LogP) is 5.29. The molecule has 1 aliphatic carbocycles. The summed E-state index contributed by atoms with van der Waals surface area (Å²) in [6, 6.07) is 18.0. The van der Waals surface area contributed by atoms with Gasteiger partial charge in [-0.2, -0.15) is 0 Å². The molecule has 0 saturated carbocycles. The lowest BCUT2D eigenvalue weighted by Crippen LogP contribution is -2.17. The van der Waals surface area contributed by atoms with Crippen LogP contribution in [0, 0.1) is 5.82 Å². The van der Waals surface area contributed by atoms with Gasteiger partial charge in [0, 0.05) is 11.0 Å². The Labute approximate surface area is 117 Å². The lowest BCUT2D eigenvalue weighted by atomic mass is 9.80. The molecule has 3 aromatic rings. The Morgan fingerprint density at radius 2 is 1.50 bits per heavy atom. The van der Waals surface area contributed by atoms with Crippen molar-refractivity contribution in [3.63, 3.8) is 0 Å². The fourth-order valence-corrected chi connectivity index (χ4v) is 3.68. The molecule has 0 amide bonds. The van der Waals surface area contributed by atoms with Crippen molar-refractivity contribution in [3.8, 4) is 11.1 Å². The zero-order valence-electron chi connectivity index (χ0n) is 11.6. The molecule has 0 heterocycles. The van der Waals surface area contributed by atoms with Gasteiger partial charge in [-0.25, -0.2) is 4.39 Å². The van der Waals surface area contributed by atoms with E-state index >= 15 is 0 Å². The summed E-state index contributed by atoms with van der Waals surface area (Å²) in [7, 11) is 0. The number of hydrogen-bond acceptors (Lipinski definition) is 0. The van der Waals surface area contributed by atoms with Crippen LogP contribution >= 0.6 is 0 Å². The molecule has 0 aliphatic heterocycles. The Morgan fingerprint density at radius 3 is 2.35 bits per heavy atom. The van der Waals surface area contributed by atoms with Gasteiger partial charge in [0.2, 0.25) is 0 Å². The summed E-state index contributed by atoms with van der Waals surface area (Å²) in [5.41, 5.74) is 3.98. The van der Waals surface area contributed by atoms with Gasteiger partial charge in [0.05, 0.1) is 0 Å². The van der Waals surface area contributed by atoms with Crippen molar-refractivity contribution < 1.29 is 4.39 Å².